The molecule has 0 N–H and O–H groups in total. The average molecular weight is 342 g/mol. The van der Waals surface area contributed by atoms with Crippen LogP contribution in [0.1, 0.15) is 5.82 Å². The van der Waals surface area contributed by atoms with Gasteiger partial charge >= 0.3 is 0 Å². The van der Waals surface area contributed by atoms with E-state index in [-0.39, 0.29) is 0 Å². The Morgan fingerprint density at radius 2 is 2.14 bits per heavy atom. The van der Waals surface area contributed by atoms with E-state index in [0.29, 0.717) is 16.7 Å². The molecule has 0 radical (unpaired) electrons. The van der Waals surface area contributed by atoms with Crippen LogP contribution in [0.25, 0.3) is 11.0 Å². The van der Waals surface area contributed by atoms with Gasteiger partial charge in [0.1, 0.15) is 11.0 Å². The van der Waals surface area contributed by atoms with Gasteiger partial charge in [0, 0.05) is 21.1 Å². The lowest BCUT2D eigenvalue weighted by atomic mass is 10.4. The smallest absolute Gasteiger partial charge is 0.208 e. The first-order valence-corrected chi connectivity index (χ1v) is 8.20. The van der Waals surface area contributed by atoms with Crippen molar-refractivity contribution in [1.29, 1.82) is 0 Å². The van der Waals surface area contributed by atoms with Crippen LogP contribution in [0.4, 0.5) is 5.13 Å². The molecule has 3 aromatic heterocycles. The predicted octanol–water partition coefficient (Wildman–Crippen LogP) is 2.23. The molecular formula is C11H12ClN7S2. The van der Waals surface area contributed by atoms with Gasteiger partial charge in [-0.05, 0) is 0 Å². The van der Waals surface area contributed by atoms with Gasteiger partial charge in [-0.25, -0.2) is 9.97 Å². The van der Waals surface area contributed by atoms with E-state index >= 15 is 0 Å². The SMILES string of the molecule is CN(C)c1nnc(SCc2nc(Cl)c3cnn(C)c3n2)s1. The Morgan fingerprint density at radius 3 is 2.86 bits per heavy atom. The molecule has 0 saturated carbocycles. The summed E-state index contributed by atoms with van der Waals surface area (Å²) in [7, 11) is 5.71. The van der Waals surface area contributed by atoms with Crippen LogP contribution in [0.2, 0.25) is 5.15 Å². The van der Waals surface area contributed by atoms with Gasteiger partial charge in [-0.1, -0.05) is 34.7 Å². The Morgan fingerprint density at radius 1 is 1.33 bits per heavy atom. The van der Waals surface area contributed by atoms with Gasteiger partial charge in [0.05, 0.1) is 17.3 Å². The highest BCUT2D eigenvalue weighted by Crippen LogP contribution is 2.29. The first-order valence-electron chi connectivity index (χ1n) is 6.02. The van der Waals surface area contributed by atoms with E-state index in [2.05, 4.69) is 25.3 Å². The quantitative estimate of drug-likeness (QED) is 0.532. The van der Waals surface area contributed by atoms with Crippen molar-refractivity contribution in [3.05, 3.63) is 17.2 Å². The molecule has 3 aromatic rings. The molecule has 0 aliphatic carbocycles. The van der Waals surface area contributed by atoms with Crippen LogP contribution in [-0.4, -0.2) is 44.0 Å². The van der Waals surface area contributed by atoms with Crippen LogP contribution < -0.4 is 4.90 Å². The summed E-state index contributed by atoms with van der Waals surface area (Å²) in [5, 5.41) is 14.4. The molecule has 0 aromatic carbocycles. The summed E-state index contributed by atoms with van der Waals surface area (Å²) in [6.45, 7) is 0. The Balaban J connectivity index is 1.79. The molecule has 3 heterocycles. The molecule has 0 saturated heterocycles. The molecule has 3 rings (SSSR count). The highest BCUT2D eigenvalue weighted by atomic mass is 35.5. The normalized spacial score (nSPS) is 11.2. The van der Waals surface area contributed by atoms with E-state index in [1.54, 1.807) is 22.6 Å². The first kappa shape index (κ1) is 14.5. The molecule has 7 nitrogen and oxygen atoms in total. The zero-order valence-electron chi connectivity index (χ0n) is 11.6. The number of aromatic nitrogens is 6. The van der Waals surface area contributed by atoms with Crippen molar-refractivity contribution in [2.24, 2.45) is 7.05 Å². The number of rotatable bonds is 4. The zero-order chi connectivity index (χ0) is 15.0. The molecule has 0 aliphatic rings. The highest BCUT2D eigenvalue weighted by Gasteiger charge is 2.12. The number of halogens is 1. The van der Waals surface area contributed by atoms with Crippen LogP contribution in [0.15, 0.2) is 10.5 Å². The van der Waals surface area contributed by atoms with Gasteiger partial charge in [-0.3, -0.25) is 4.68 Å². The largest absolute Gasteiger partial charge is 0.353 e. The minimum atomic E-state index is 0.426. The van der Waals surface area contributed by atoms with Gasteiger partial charge in [-0.15, -0.1) is 10.2 Å². The maximum Gasteiger partial charge on any atom is 0.208 e. The molecule has 0 amide bonds. The summed E-state index contributed by atoms with van der Waals surface area (Å²) in [4.78, 5) is 10.7. The summed E-state index contributed by atoms with van der Waals surface area (Å²) >= 11 is 9.23. The van der Waals surface area contributed by atoms with Crippen LogP contribution in [0.5, 0.6) is 0 Å². The summed E-state index contributed by atoms with van der Waals surface area (Å²) in [5.74, 6) is 1.24. The van der Waals surface area contributed by atoms with Crippen molar-refractivity contribution < 1.29 is 0 Å². The number of fused-ring (bicyclic) bond motifs is 1. The second-order valence-electron chi connectivity index (χ2n) is 4.47. The minimum Gasteiger partial charge on any atom is -0.353 e. The molecule has 10 heteroatoms. The van der Waals surface area contributed by atoms with Crippen molar-refractivity contribution in [2.75, 3.05) is 19.0 Å². The second kappa shape index (κ2) is 5.74. The van der Waals surface area contributed by atoms with Gasteiger partial charge in [-0.2, -0.15) is 5.10 Å². The predicted molar refractivity (Wildman–Crippen MR) is 85.1 cm³/mol. The monoisotopic (exact) mass is 341 g/mol. The summed E-state index contributed by atoms with van der Waals surface area (Å²) in [6, 6.07) is 0. The lowest BCUT2D eigenvalue weighted by Gasteiger charge is -2.03. The van der Waals surface area contributed by atoms with Crippen LogP contribution in [0, 0.1) is 0 Å². The van der Waals surface area contributed by atoms with Gasteiger partial charge < -0.3 is 4.90 Å². The Kier molecular flexibility index (Phi) is 3.96. The molecule has 0 spiro atoms. The summed E-state index contributed by atoms with van der Waals surface area (Å²) < 4.78 is 2.56. The highest BCUT2D eigenvalue weighted by molar-refractivity contribution is 8.00. The lowest BCUT2D eigenvalue weighted by Crippen LogP contribution is -2.07. The van der Waals surface area contributed by atoms with Gasteiger partial charge in [0.15, 0.2) is 9.99 Å². The third-order valence-electron chi connectivity index (χ3n) is 2.70. The number of aryl methyl sites for hydroxylation is 1. The topological polar surface area (TPSA) is 72.6 Å². The van der Waals surface area contributed by atoms with Gasteiger partial charge in [0.25, 0.3) is 0 Å². The number of hydrogen-bond donors (Lipinski definition) is 0. The third-order valence-corrected chi connectivity index (χ3v) is 5.20. The summed E-state index contributed by atoms with van der Waals surface area (Å²) in [6.07, 6.45) is 1.67. The third kappa shape index (κ3) is 2.94. The van der Waals surface area contributed by atoms with E-state index in [4.69, 9.17) is 11.6 Å². The number of thioether (sulfide) groups is 1. The first-order chi connectivity index (χ1) is 10.0. The molecule has 0 bridgehead atoms. The zero-order valence-corrected chi connectivity index (χ0v) is 14.0. The molecule has 0 atom stereocenters. The van der Waals surface area contributed by atoms with E-state index in [1.807, 2.05) is 26.0 Å². The van der Waals surface area contributed by atoms with Crippen molar-refractivity contribution in [3.63, 3.8) is 0 Å². The number of anilines is 1. The number of nitrogens with zero attached hydrogens (tertiary/aromatic N) is 7. The van der Waals surface area contributed by atoms with Crippen molar-refractivity contribution >= 4 is 50.9 Å². The fourth-order valence-electron chi connectivity index (χ4n) is 1.66. The van der Waals surface area contributed by atoms with Crippen LogP contribution >= 0.6 is 34.7 Å². The van der Waals surface area contributed by atoms with Gasteiger partial charge in [0.2, 0.25) is 5.13 Å². The Labute approximate surface area is 134 Å². The molecule has 110 valence electrons. The van der Waals surface area contributed by atoms with Crippen molar-refractivity contribution in [3.8, 4) is 0 Å². The molecule has 21 heavy (non-hydrogen) atoms. The van der Waals surface area contributed by atoms with Crippen LogP contribution in [-0.2, 0) is 12.8 Å². The number of hydrogen-bond acceptors (Lipinski definition) is 8. The van der Waals surface area contributed by atoms with E-state index in [1.165, 1.54) is 11.3 Å². The van der Waals surface area contributed by atoms with Crippen molar-refractivity contribution in [2.45, 2.75) is 10.1 Å². The van der Waals surface area contributed by atoms with Crippen LogP contribution in [0.3, 0.4) is 0 Å². The summed E-state index contributed by atoms with van der Waals surface area (Å²) in [5.41, 5.74) is 0.733. The fourth-order valence-corrected chi connectivity index (χ4v) is 3.51. The minimum absolute atomic E-state index is 0.426. The van der Waals surface area contributed by atoms with E-state index < -0.39 is 0 Å². The fraction of sp³-hybridized carbons (Fsp3) is 0.364. The maximum atomic E-state index is 6.16. The second-order valence-corrected chi connectivity index (χ2v) is 7.01. The molecule has 0 aliphatic heterocycles. The molecular weight excluding hydrogens is 330 g/mol. The lowest BCUT2D eigenvalue weighted by molar-refractivity contribution is 0.782. The van der Waals surface area contributed by atoms with E-state index in [9.17, 15) is 0 Å². The van der Waals surface area contributed by atoms with Crippen molar-refractivity contribution in [1.82, 2.24) is 29.9 Å². The maximum absolute atomic E-state index is 6.16. The molecule has 0 unspecified atom stereocenters. The molecule has 0 fully saturated rings. The average Bonchev–Trinajstić information content (AvgIpc) is 3.05. The van der Waals surface area contributed by atoms with E-state index in [0.717, 1.165) is 20.5 Å². The Hall–Kier alpha value is -1.45. The Bertz CT molecular complexity index is 782. The standard InChI is InChI=1S/C11H12ClN7S2/c1-18(2)10-16-17-11(21-10)20-5-7-14-8(12)6-4-13-19(3)9(6)15-7/h4H,5H2,1-3H3.